The lowest BCUT2D eigenvalue weighted by molar-refractivity contribution is -0.145. The second-order valence-corrected chi connectivity index (χ2v) is 6.36. The van der Waals surface area contributed by atoms with Crippen molar-refractivity contribution in [2.45, 2.75) is 77.5 Å². The number of hydrogen-bond donors (Lipinski definition) is 2. The molecule has 1 saturated carbocycles. The van der Waals surface area contributed by atoms with Crippen LogP contribution in [0.5, 0.6) is 0 Å². The molecule has 0 aliphatic heterocycles. The van der Waals surface area contributed by atoms with E-state index in [-0.39, 0.29) is 6.04 Å². The highest BCUT2D eigenvalue weighted by Crippen LogP contribution is 2.26. The molecule has 3 atom stereocenters. The standard InChI is InChI=1S/C15H29NO3/c1-11(2)16-15(4,14(17)18)9-10-19-13-8-6-5-7-12(13)3/h11-13,16H,5-10H2,1-4H3,(H,17,18). The molecule has 3 unspecified atom stereocenters. The molecule has 112 valence electrons. The molecule has 1 rings (SSSR count). The maximum Gasteiger partial charge on any atom is 0.323 e. The van der Waals surface area contributed by atoms with Crippen molar-refractivity contribution >= 4 is 5.97 Å². The molecule has 0 heterocycles. The van der Waals surface area contributed by atoms with Crippen molar-refractivity contribution in [1.82, 2.24) is 5.32 Å². The normalized spacial score (nSPS) is 27.2. The van der Waals surface area contributed by atoms with Gasteiger partial charge in [-0.15, -0.1) is 0 Å². The Balaban J connectivity index is 2.41. The smallest absolute Gasteiger partial charge is 0.323 e. The van der Waals surface area contributed by atoms with Crippen LogP contribution in [-0.2, 0) is 9.53 Å². The first-order chi connectivity index (χ1) is 8.85. The van der Waals surface area contributed by atoms with E-state index in [9.17, 15) is 9.90 Å². The van der Waals surface area contributed by atoms with Gasteiger partial charge in [-0.3, -0.25) is 10.1 Å². The maximum absolute atomic E-state index is 11.4. The molecule has 4 heteroatoms. The van der Waals surface area contributed by atoms with Gasteiger partial charge in [-0.05, 0) is 46.0 Å². The molecular weight excluding hydrogens is 242 g/mol. The lowest BCUT2D eigenvalue weighted by atomic mass is 9.88. The van der Waals surface area contributed by atoms with Crippen LogP contribution in [0.2, 0.25) is 0 Å². The predicted molar refractivity (Wildman–Crippen MR) is 76.3 cm³/mol. The number of rotatable bonds is 7. The summed E-state index contributed by atoms with van der Waals surface area (Å²) in [4.78, 5) is 11.4. The van der Waals surface area contributed by atoms with E-state index < -0.39 is 11.5 Å². The molecule has 1 aliphatic carbocycles. The van der Waals surface area contributed by atoms with Gasteiger partial charge in [0.2, 0.25) is 0 Å². The zero-order chi connectivity index (χ0) is 14.5. The summed E-state index contributed by atoms with van der Waals surface area (Å²) in [6.45, 7) is 8.41. The van der Waals surface area contributed by atoms with Gasteiger partial charge in [-0.2, -0.15) is 0 Å². The van der Waals surface area contributed by atoms with Gasteiger partial charge in [0, 0.05) is 12.6 Å². The fraction of sp³-hybridized carbons (Fsp3) is 0.933. The Bertz CT molecular complexity index is 293. The SMILES string of the molecule is CC(C)NC(C)(CCOC1CCCCC1C)C(=O)O. The fourth-order valence-electron chi connectivity index (χ4n) is 2.82. The molecule has 0 saturated heterocycles. The summed E-state index contributed by atoms with van der Waals surface area (Å²) in [5, 5.41) is 12.5. The first-order valence-electron chi connectivity index (χ1n) is 7.48. The summed E-state index contributed by atoms with van der Waals surface area (Å²) in [5.74, 6) is -0.204. The first kappa shape index (κ1) is 16.4. The third-order valence-electron chi connectivity index (χ3n) is 4.05. The van der Waals surface area contributed by atoms with E-state index in [0.717, 1.165) is 6.42 Å². The van der Waals surface area contributed by atoms with Gasteiger partial charge >= 0.3 is 5.97 Å². The van der Waals surface area contributed by atoms with Crippen molar-refractivity contribution in [1.29, 1.82) is 0 Å². The Labute approximate surface area is 116 Å². The van der Waals surface area contributed by atoms with Crippen molar-refractivity contribution in [3.63, 3.8) is 0 Å². The van der Waals surface area contributed by atoms with Crippen LogP contribution in [0, 0.1) is 5.92 Å². The number of nitrogens with one attached hydrogen (secondary N) is 1. The molecule has 0 bridgehead atoms. The summed E-state index contributed by atoms with van der Waals surface area (Å²) >= 11 is 0. The van der Waals surface area contributed by atoms with E-state index in [1.807, 2.05) is 13.8 Å². The van der Waals surface area contributed by atoms with Gasteiger partial charge in [-0.1, -0.05) is 19.8 Å². The van der Waals surface area contributed by atoms with Crippen molar-refractivity contribution in [3.05, 3.63) is 0 Å². The van der Waals surface area contributed by atoms with Gasteiger partial charge in [0.05, 0.1) is 6.10 Å². The molecule has 1 aliphatic rings. The highest BCUT2D eigenvalue weighted by molar-refractivity contribution is 5.78. The minimum Gasteiger partial charge on any atom is -0.480 e. The maximum atomic E-state index is 11.4. The third kappa shape index (κ3) is 5.11. The average Bonchev–Trinajstić information content (AvgIpc) is 2.30. The second kappa shape index (κ2) is 7.25. The molecule has 0 aromatic carbocycles. The van der Waals surface area contributed by atoms with Crippen LogP contribution < -0.4 is 5.32 Å². The van der Waals surface area contributed by atoms with Crippen molar-refractivity contribution in [2.24, 2.45) is 5.92 Å². The Morgan fingerprint density at radius 1 is 1.42 bits per heavy atom. The van der Waals surface area contributed by atoms with E-state index >= 15 is 0 Å². The van der Waals surface area contributed by atoms with Crippen molar-refractivity contribution in [2.75, 3.05) is 6.61 Å². The van der Waals surface area contributed by atoms with Crippen molar-refractivity contribution < 1.29 is 14.6 Å². The van der Waals surface area contributed by atoms with Crippen LogP contribution in [0.15, 0.2) is 0 Å². The molecule has 0 aromatic heterocycles. The number of ether oxygens (including phenoxy) is 1. The second-order valence-electron chi connectivity index (χ2n) is 6.36. The zero-order valence-corrected chi connectivity index (χ0v) is 12.7. The number of carbonyl (C=O) groups is 1. The fourth-order valence-corrected chi connectivity index (χ4v) is 2.82. The molecule has 1 fully saturated rings. The largest absolute Gasteiger partial charge is 0.480 e. The molecule has 0 amide bonds. The number of carboxylic acid groups (broad SMARTS) is 1. The quantitative estimate of drug-likeness (QED) is 0.747. The van der Waals surface area contributed by atoms with Gasteiger partial charge < -0.3 is 9.84 Å². The molecule has 19 heavy (non-hydrogen) atoms. The monoisotopic (exact) mass is 271 g/mol. The minimum absolute atomic E-state index is 0.148. The Morgan fingerprint density at radius 2 is 2.05 bits per heavy atom. The van der Waals surface area contributed by atoms with Gasteiger partial charge in [-0.25, -0.2) is 0 Å². The van der Waals surface area contributed by atoms with E-state index in [0.29, 0.717) is 25.0 Å². The van der Waals surface area contributed by atoms with E-state index in [1.165, 1.54) is 19.3 Å². The number of carboxylic acids is 1. The summed E-state index contributed by atoms with van der Waals surface area (Å²) in [7, 11) is 0. The van der Waals surface area contributed by atoms with Gasteiger partial charge in [0.25, 0.3) is 0 Å². The Kier molecular flexibility index (Phi) is 6.27. The molecule has 0 spiro atoms. The predicted octanol–water partition coefficient (Wildman–Crippen LogP) is 2.81. The van der Waals surface area contributed by atoms with Crippen LogP contribution in [0.1, 0.15) is 59.8 Å². The highest BCUT2D eigenvalue weighted by atomic mass is 16.5. The molecule has 0 radical (unpaired) electrons. The van der Waals surface area contributed by atoms with Gasteiger partial charge in [0.15, 0.2) is 0 Å². The molecular formula is C15H29NO3. The van der Waals surface area contributed by atoms with E-state index in [2.05, 4.69) is 12.2 Å². The summed E-state index contributed by atoms with van der Waals surface area (Å²) in [6.07, 6.45) is 5.68. The summed E-state index contributed by atoms with van der Waals surface area (Å²) in [5.41, 5.74) is -0.897. The zero-order valence-electron chi connectivity index (χ0n) is 12.7. The van der Waals surface area contributed by atoms with Crippen LogP contribution in [0.4, 0.5) is 0 Å². The topological polar surface area (TPSA) is 58.6 Å². The molecule has 0 aromatic rings. The lowest BCUT2D eigenvalue weighted by Crippen LogP contribution is -2.53. The average molecular weight is 271 g/mol. The Morgan fingerprint density at radius 3 is 2.58 bits per heavy atom. The number of aliphatic carboxylic acids is 1. The third-order valence-corrected chi connectivity index (χ3v) is 4.05. The van der Waals surface area contributed by atoms with Gasteiger partial charge in [0.1, 0.15) is 5.54 Å². The first-order valence-corrected chi connectivity index (χ1v) is 7.48. The lowest BCUT2D eigenvalue weighted by Gasteiger charge is -2.32. The van der Waals surface area contributed by atoms with Crippen LogP contribution in [0.3, 0.4) is 0 Å². The van der Waals surface area contributed by atoms with Crippen molar-refractivity contribution in [3.8, 4) is 0 Å². The molecule has 2 N–H and O–H groups in total. The number of hydrogen-bond acceptors (Lipinski definition) is 3. The van der Waals surface area contributed by atoms with Crippen LogP contribution >= 0.6 is 0 Å². The summed E-state index contributed by atoms with van der Waals surface area (Å²) < 4.78 is 5.92. The molecule has 4 nitrogen and oxygen atoms in total. The van der Waals surface area contributed by atoms with E-state index in [4.69, 9.17) is 4.74 Å². The summed E-state index contributed by atoms with van der Waals surface area (Å²) in [6, 6.07) is 0.148. The minimum atomic E-state index is -0.897. The van der Waals surface area contributed by atoms with E-state index in [1.54, 1.807) is 6.92 Å². The highest BCUT2D eigenvalue weighted by Gasteiger charge is 2.33. The van der Waals surface area contributed by atoms with Crippen LogP contribution in [-0.4, -0.2) is 35.4 Å². The van der Waals surface area contributed by atoms with Crippen LogP contribution in [0.25, 0.3) is 0 Å². The Hall–Kier alpha value is -0.610.